The standard InChI is InChI=1S/C11H21N/c1-9-5-6-10(2)11(9)12-7-3-4-8-12/h9-11H,3-8H2,1-2H3. The highest BCUT2D eigenvalue weighted by Crippen LogP contribution is 2.35. The number of likely N-dealkylation sites (tertiary alicyclic amines) is 1. The first-order valence-electron chi connectivity index (χ1n) is 5.53. The Bertz CT molecular complexity index is 139. The van der Waals surface area contributed by atoms with Gasteiger partial charge in [0.25, 0.3) is 0 Å². The van der Waals surface area contributed by atoms with Crippen molar-refractivity contribution in [3.05, 3.63) is 0 Å². The molecule has 1 heterocycles. The van der Waals surface area contributed by atoms with Crippen LogP contribution in [-0.2, 0) is 0 Å². The van der Waals surface area contributed by atoms with Crippen LogP contribution in [0.15, 0.2) is 0 Å². The zero-order valence-electron chi connectivity index (χ0n) is 8.42. The van der Waals surface area contributed by atoms with Crippen LogP contribution in [0.3, 0.4) is 0 Å². The molecule has 0 amide bonds. The Kier molecular flexibility index (Phi) is 2.40. The monoisotopic (exact) mass is 167 g/mol. The molecule has 0 bridgehead atoms. The number of hydrogen-bond acceptors (Lipinski definition) is 1. The van der Waals surface area contributed by atoms with Crippen LogP contribution < -0.4 is 0 Å². The lowest BCUT2D eigenvalue weighted by molar-refractivity contribution is 0.170. The largest absolute Gasteiger partial charge is 0.300 e. The molecule has 2 atom stereocenters. The molecular weight excluding hydrogens is 146 g/mol. The van der Waals surface area contributed by atoms with E-state index in [-0.39, 0.29) is 0 Å². The van der Waals surface area contributed by atoms with Crippen LogP contribution in [0.25, 0.3) is 0 Å². The van der Waals surface area contributed by atoms with Gasteiger partial charge < -0.3 is 0 Å². The summed E-state index contributed by atoms with van der Waals surface area (Å²) in [7, 11) is 0. The predicted molar refractivity (Wildman–Crippen MR) is 52.2 cm³/mol. The molecule has 0 aromatic heterocycles. The summed E-state index contributed by atoms with van der Waals surface area (Å²) in [6.45, 7) is 7.62. The maximum Gasteiger partial charge on any atom is 0.0146 e. The van der Waals surface area contributed by atoms with E-state index in [4.69, 9.17) is 0 Å². The Hall–Kier alpha value is -0.0400. The Morgan fingerprint density at radius 1 is 0.917 bits per heavy atom. The Morgan fingerprint density at radius 2 is 1.42 bits per heavy atom. The molecule has 2 fully saturated rings. The number of rotatable bonds is 1. The van der Waals surface area contributed by atoms with Crippen LogP contribution in [0, 0.1) is 11.8 Å². The summed E-state index contributed by atoms with van der Waals surface area (Å²) >= 11 is 0. The second kappa shape index (κ2) is 3.37. The van der Waals surface area contributed by atoms with Gasteiger partial charge in [0, 0.05) is 6.04 Å². The number of hydrogen-bond donors (Lipinski definition) is 0. The van der Waals surface area contributed by atoms with E-state index in [9.17, 15) is 0 Å². The molecule has 70 valence electrons. The van der Waals surface area contributed by atoms with Gasteiger partial charge in [0.15, 0.2) is 0 Å². The summed E-state index contributed by atoms with van der Waals surface area (Å²) in [4.78, 5) is 2.74. The van der Waals surface area contributed by atoms with E-state index in [0.717, 1.165) is 17.9 Å². The molecule has 1 saturated carbocycles. The average molecular weight is 167 g/mol. The van der Waals surface area contributed by atoms with E-state index in [1.54, 1.807) is 0 Å². The molecule has 1 aliphatic heterocycles. The molecule has 1 nitrogen and oxygen atoms in total. The van der Waals surface area contributed by atoms with Crippen LogP contribution >= 0.6 is 0 Å². The summed E-state index contributed by atoms with van der Waals surface area (Å²) in [6, 6.07) is 0.924. The molecule has 0 spiro atoms. The molecule has 0 aromatic rings. The second-order valence-corrected chi connectivity index (χ2v) is 4.77. The molecule has 2 rings (SSSR count). The maximum absolute atomic E-state index is 2.74. The molecule has 0 radical (unpaired) electrons. The fourth-order valence-corrected chi connectivity index (χ4v) is 3.19. The fourth-order valence-electron chi connectivity index (χ4n) is 3.19. The van der Waals surface area contributed by atoms with Gasteiger partial charge in [0.1, 0.15) is 0 Å². The quantitative estimate of drug-likeness (QED) is 0.580. The van der Waals surface area contributed by atoms with Crippen molar-refractivity contribution in [3.63, 3.8) is 0 Å². The van der Waals surface area contributed by atoms with E-state index in [1.807, 2.05) is 0 Å². The van der Waals surface area contributed by atoms with Gasteiger partial charge in [0.2, 0.25) is 0 Å². The summed E-state index contributed by atoms with van der Waals surface area (Å²) in [6.07, 6.45) is 5.80. The molecule has 2 unspecified atom stereocenters. The molecule has 1 aliphatic carbocycles. The van der Waals surface area contributed by atoms with Gasteiger partial charge in [-0.1, -0.05) is 13.8 Å². The van der Waals surface area contributed by atoms with Crippen LogP contribution in [0.2, 0.25) is 0 Å². The van der Waals surface area contributed by atoms with Gasteiger partial charge in [-0.25, -0.2) is 0 Å². The third kappa shape index (κ3) is 1.39. The van der Waals surface area contributed by atoms with Gasteiger partial charge in [-0.05, 0) is 50.6 Å². The molecule has 1 saturated heterocycles. The maximum atomic E-state index is 2.74. The van der Waals surface area contributed by atoms with E-state index in [2.05, 4.69) is 18.7 Å². The molecular formula is C11H21N. The molecule has 12 heavy (non-hydrogen) atoms. The first-order valence-corrected chi connectivity index (χ1v) is 5.53. The average Bonchev–Trinajstić information content (AvgIpc) is 2.61. The lowest BCUT2D eigenvalue weighted by Crippen LogP contribution is -2.38. The predicted octanol–water partition coefficient (Wildman–Crippen LogP) is 2.52. The SMILES string of the molecule is CC1CCC(C)C1N1CCCC1. The highest BCUT2D eigenvalue weighted by atomic mass is 15.2. The summed E-state index contributed by atoms with van der Waals surface area (Å²) in [5, 5.41) is 0. The van der Waals surface area contributed by atoms with Crippen molar-refractivity contribution in [3.8, 4) is 0 Å². The first kappa shape index (κ1) is 8.55. The van der Waals surface area contributed by atoms with Crippen LogP contribution in [0.4, 0.5) is 0 Å². The highest BCUT2D eigenvalue weighted by molar-refractivity contribution is 4.89. The topological polar surface area (TPSA) is 3.24 Å². The third-order valence-electron chi connectivity index (χ3n) is 3.81. The van der Waals surface area contributed by atoms with E-state index >= 15 is 0 Å². The van der Waals surface area contributed by atoms with Gasteiger partial charge in [-0.2, -0.15) is 0 Å². The van der Waals surface area contributed by atoms with Crippen molar-refractivity contribution < 1.29 is 0 Å². The molecule has 1 heteroatoms. The lowest BCUT2D eigenvalue weighted by Gasteiger charge is -2.30. The molecule has 2 aliphatic rings. The molecule has 0 aromatic carbocycles. The Labute approximate surface area is 76.1 Å². The Balaban J connectivity index is 1.99. The van der Waals surface area contributed by atoms with E-state index in [1.165, 1.54) is 38.8 Å². The van der Waals surface area contributed by atoms with Crippen molar-refractivity contribution in [1.82, 2.24) is 4.90 Å². The van der Waals surface area contributed by atoms with Crippen molar-refractivity contribution >= 4 is 0 Å². The second-order valence-electron chi connectivity index (χ2n) is 4.77. The van der Waals surface area contributed by atoms with E-state index in [0.29, 0.717) is 0 Å². The molecule has 0 N–H and O–H groups in total. The summed E-state index contributed by atoms with van der Waals surface area (Å²) in [5.41, 5.74) is 0. The zero-order valence-corrected chi connectivity index (χ0v) is 8.42. The van der Waals surface area contributed by atoms with Crippen molar-refractivity contribution in [2.75, 3.05) is 13.1 Å². The minimum absolute atomic E-state index is 0.924. The van der Waals surface area contributed by atoms with Crippen LogP contribution in [-0.4, -0.2) is 24.0 Å². The van der Waals surface area contributed by atoms with Gasteiger partial charge in [0.05, 0.1) is 0 Å². The first-order chi connectivity index (χ1) is 5.79. The van der Waals surface area contributed by atoms with Crippen molar-refractivity contribution in [2.45, 2.75) is 45.6 Å². The highest BCUT2D eigenvalue weighted by Gasteiger charge is 2.35. The minimum atomic E-state index is 0.924. The summed E-state index contributed by atoms with van der Waals surface area (Å²) in [5.74, 6) is 1.91. The number of nitrogens with zero attached hydrogens (tertiary/aromatic N) is 1. The van der Waals surface area contributed by atoms with Crippen molar-refractivity contribution in [2.24, 2.45) is 11.8 Å². The van der Waals surface area contributed by atoms with Gasteiger partial charge in [-0.3, -0.25) is 4.90 Å². The fraction of sp³-hybridized carbons (Fsp3) is 1.00. The Morgan fingerprint density at radius 3 is 1.92 bits per heavy atom. The van der Waals surface area contributed by atoms with Crippen molar-refractivity contribution in [1.29, 1.82) is 0 Å². The van der Waals surface area contributed by atoms with Gasteiger partial charge in [-0.15, -0.1) is 0 Å². The minimum Gasteiger partial charge on any atom is -0.300 e. The lowest BCUT2D eigenvalue weighted by atomic mass is 9.99. The van der Waals surface area contributed by atoms with Gasteiger partial charge >= 0.3 is 0 Å². The van der Waals surface area contributed by atoms with Crippen LogP contribution in [0.5, 0.6) is 0 Å². The van der Waals surface area contributed by atoms with Crippen LogP contribution in [0.1, 0.15) is 39.5 Å². The van der Waals surface area contributed by atoms with E-state index < -0.39 is 0 Å². The smallest absolute Gasteiger partial charge is 0.0146 e. The zero-order chi connectivity index (χ0) is 8.55. The normalized spacial score (nSPS) is 44.0. The third-order valence-corrected chi connectivity index (χ3v) is 3.81. The summed E-state index contributed by atoms with van der Waals surface area (Å²) < 4.78 is 0.